The van der Waals surface area contributed by atoms with E-state index in [1.165, 1.54) is 6.92 Å². The molecule has 0 radical (unpaired) electrons. The Kier molecular flexibility index (Phi) is 3.82. The van der Waals surface area contributed by atoms with Gasteiger partial charge >= 0.3 is 0 Å². The Morgan fingerprint density at radius 2 is 1.64 bits per heavy atom. The fourth-order valence-electron chi connectivity index (χ4n) is 1.46. The van der Waals surface area contributed by atoms with Gasteiger partial charge in [0.2, 0.25) is 0 Å². The van der Waals surface area contributed by atoms with Crippen molar-refractivity contribution < 1.29 is 30.3 Å². The van der Waals surface area contributed by atoms with Crippen molar-refractivity contribution >= 4 is 0 Å². The molecule has 1 aliphatic heterocycles. The predicted molar refractivity (Wildman–Crippen MR) is 45.2 cm³/mol. The van der Waals surface area contributed by atoms with E-state index >= 15 is 0 Å². The summed E-state index contributed by atoms with van der Waals surface area (Å²) in [6.07, 6.45) is -7.31. The fourth-order valence-corrected chi connectivity index (χ4v) is 1.46. The standard InChI is InChI=1S/C8H16O6/c1-3(9)2-4-5(10)6(11)7(12)8(13)14-4/h3-13H,2H2,1H3/t3?,4-,5+,6+,7-,8+/m1/s1. The first-order valence-electron chi connectivity index (χ1n) is 4.49. The first kappa shape index (κ1) is 11.8. The minimum absolute atomic E-state index is 0.0853. The van der Waals surface area contributed by atoms with Crippen LogP contribution in [-0.2, 0) is 4.74 Å². The molecule has 5 N–H and O–H groups in total. The molecule has 0 saturated carbocycles. The topological polar surface area (TPSA) is 110 Å². The van der Waals surface area contributed by atoms with Crippen molar-refractivity contribution in [3.05, 3.63) is 0 Å². The lowest BCUT2D eigenvalue weighted by Crippen LogP contribution is -2.57. The van der Waals surface area contributed by atoms with Crippen LogP contribution in [0.25, 0.3) is 0 Å². The van der Waals surface area contributed by atoms with E-state index in [1.807, 2.05) is 0 Å². The fraction of sp³-hybridized carbons (Fsp3) is 1.00. The van der Waals surface area contributed by atoms with Gasteiger partial charge < -0.3 is 30.3 Å². The second kappa shape index (κ2) is 4.52. The molecule has 1 aliphatic rings. The molecule has 1 saturated heterocycles. The molecule has 14 heavy (non-hydrogen) atoms. The summed E-state index contributed by atoms with van der Waals surface area (Å²) < 4.78 is 4.83. The van der Waals surface area contributed by atoms with Crippen molar-refractivity contribution in [2.24, 2.45) is 0 Å². The van der Waals surface area contributed by atoms with E-state index < -0.39 is 36.8 Å². The highest BCUT2D eigenvalue weighted by molar-refractivity contribution is 4.88. The first-order chi connectivity index (χ1) is 6.43. The molecule has 6 atom stereocenters. The van der Waals surface area contributed by atoms with Crippen LogP contribution in [0.4, 0.5) is 0 Å². The number of hydrogen-bond donors (Lipinski definition) is 5. The van der Waals surface area contributed by atoms with E-state index in [9.17, 15) is 10.2 Å². The number of aliphatic hydroxyl groups excluding tert-OH is 5. The molecule has 1 rings (SSSR count). The quantitative estimate of drug-likeness (QED) is 0.345. The highest BCUT2D eigenvalue weighted by Gasteiger charge is 2.42. The third-order valence-corrected chi connectivity index (χ3v) is 2.26. The molecule has 0 spiro atoms. The van der Waals surface area contributed by atoms with Crippen LogP contribution < -0.4 is 0 Å². The summed E-state index contributed by atoms with van der Waals surface area (Å²) in [4.78, 5) is 0. The second-order valence-electron chi connectivity index (χ2n) is 3.62. The molecule has 1 fully saturated rings. The van der Waals surface area contributed by atoms with Crippen LogP contribution in [0.3, 0.4) is 0 Å². The Bertz CT molecular complexity index is 185. The normalized spacial score (nSPS) is 46.3. The van der Waals surface area contributed by atoms with Crippen molar-refractivity contribution in [1.29, 1.82) is 0 Å². The van der Waals surface area contributed by atoms with Crippen molar-refractivity contribution in [2.45, 2.75) is 50.2 Å². The third-order valence-electron chi connectivity index (χ3n) is 2.26. The number of aliphatic hydroxyl groups is 5. The summed E-state index contributed by atoms with van der Waals surface area (Å²) >= 11 is 0. The average Bonchev–Trinajstić information content (AvgIpc) is 2.10. The maximum atomic E-state index is 9.42. The van der Waals surface area contributed by atoms with Gasteiger partial charge in [-0.3, -0.25) is 0 Å². The van der Waals surface area contributed by atoms with Crippen LogP contribution in [-0.4, -0.2) is 62.3 Å². The van der Waals surface area contributed by atoms with E-state index in [1.54, 1.807) is 0 Å². The molecule has 0 aromatic heterocycles. The molecule has 1 unspecified atom stereocenters. The Morgan fingerprint density at radius 1 is 1.07 bits per heavy atom. The summed E-state index contributed by atoms with van der Waals surface area (Å²) in [5.41, 5.74) is 0. The van der Waals surface area contributed by atoms with Crippen molar-refractivity contribution in [1.82, 2.24) is 0 Å². The molecule has 0 aliphatic carbocycles. The molecule has 0 amide bonds. The lowest BCUT2D eigenvalue weighted by molar-refractivity contribution is -0.285. The van der Waals surface area contributed by atoms with Gasteiger partial charge in [0, 0.05) is 6.42 Å². The second-order valence-corrected chi connectivity index (χ2v) is 3.62. The van der Waals surface area contributed by atoms with Crippen LogP contribution in [0.15, 0.2) is 0 Å². The van der Waals surface area contributed by atoms with Gasteiger partial charge in [0.05, 0.1) is 12.2 Å². The van der Waals surface area contributed by atoms with Gasteiger partial charge in [0.1, 0.15) is 18.3 Å². The van der Waals surface area contributed by atoms with Gasteiger partial charge in [-0.2, -0.15) is 0 Å². The molecular formula is C8H16O6. The Labute approximate surface area is 81.4 Å². The maximum absolute atomic E-state index is 9.42. The average molecular weight is 208 g/mol. The Balaban J connectivity index is 2.60. The van der Waals surface area contributed by atoms with E-state index in [4.69, 9.17) is 20.1 Å². The van der Waals surface area contributed by atoms with Crippen LogP contribution in [0.1, 0.15) is 13.3 Å². The summed E-state index contributed by atoms with van der Waals surface area (Å²) in [6.45, 7) is 1.50. The highest BCUT2D eigenvalue weighted by atomic mass is 16.6. The van der Waals surface area contributed by atoms with E-state index in [-0.39, 0.29) is 6.42 Å². The van der Waals surface area contributed by atoms with Crippen LogP contribution in [0, 0.1) is 0 Å². The molecule has 6 nitrogen and oxygen atoms in total. The summed E-state index contributed by atoms with van der Waals surface area (Å²) in [5, 5.41) is 46.0. The van der Waals surface area contributed by atoms with Gasteiger partial charge in [-0.25, -0.2) is 0 Å². The minimum atomic E-state index is -1.53. The predicted octanol–water partition coefficient (Wildman–Crippen LogP) is -2.44. The maximum Gasteiger partial charge on any atom is 0.183 e. The van der Waals surface area contributed by atoms with Crippen LogP contribution in [0.2, 0.25) is 0 Å². The molecular weight excluding hydrogens is 192 g/mol. The zero-order valence-corrected chi connectivity index (χ0v) is 7.82. The Morgan fingerprint density at radius 3 is 2.14 bits per heavy atom. The summed E-state index contributed by atoms with van der Waals surface area (Å²) in [6, 6.07) is 0. The molecule has 84 valence electrons. The van der Waals surface area contributed by atoms with E-state index in [0.29, 0.717) is 0 Å². The zero-order valence-electron chi connectivity index (χ0n) is 7.82. The van der Waals surface area contributed by atoms with Gasteiger partial charge in [-0.15, -0.1) is 0 Å². The molecule has 6 heteroatoms. The lowest BCUT2D eigenvalue weighted by Gasteiger charge is -2.38. The molecule has 1 heterocycles. The molecule has 0 aromatic carbocycles. The van der Waals surface area contributed by atoms with Gasteiger partial charge in [-0.1, -0.05) is 0 Å². The van der Waals surface area contributed by atoms with Gasteiger partial charge in [0.15, 0.2) is 6.29 Å². The SMILES string of the molecule is CC(O)C[C@H]1O[C@H](O)[C@H](O)[C@@H](O)[C@H]1O. The highest BCUT2D eigenvalue weighted by Crippen LogP contribution is 2.22. The molecule has 0 aromatic rings. The van der Waals surface area contributed by atoms with Crippen LogP contribution in [0.5, 0.6) is 0 Å². The monoisotopic (exact) mass is 208 g/mol. The van der Waals surface area contributed by atoms with Gasteiger partial charge in [0.25, 0.3) is 0 Å². The third kappa shape index (κ3) is 2.41. The van der Waals surface area contributed by atoms with Crippen molar-refractivity contribution in [2.75, 3.05) is 0 Å². The first-order valence-corrected chi connectivity index (χ1v) is 4.49. The van der Waals surface area contributed by atoms with E-state index in [2.05, 4.69) is 0 Å². The number of rotatable bonds is 2. The number of ether oxygens (including phenoxy) is 1. The molecule has 0 bridgehead atoms. The smallest absolute Gasteiger partial charge is 0.183 e. The summed E-state index contributed by atoms with van der Waals surface area (Å²) in [7, 11) is 0. The Hall–Kier alpha value is -0.240. The summed E-state index contributed by atoms with van der Waals surface area (Å²) in [5.74, 6) is 0. The lowest BCUT2D eigenvalue weighted by atomic mass is 9.95. The minimum Gasteiger partial charge on any atom is -0.393 e. The van der Waals surface area contributed by atoms with Gasteiger partial charge in [-0.05, 0) is 6.92 Å². The van der Waals surface area contributed by atoms with E-state index in [0.717, 1.165) is 0 Å². The van der Waals surface area contributed by atoms with Crippen molar-refractivity contribution in [3.63, 3.8) is 0 Å². The van der Waals surface area contributed by atoms with Crippen LogP contribution >= 0.6 is 0 Å². The zero-order chi connectivity index (χ0) is 10.9. The van der Waals surface area contributed by atoms with Crippen molar-refractivity contribution in [3.8, 4) is 0 Å². The largest absolute Gasteiger partial charge is 0.393 e. The number of hydrogen-bond acceptors (Lipinski definition) is 6.